The number of hydrogen-bond acceptors (Lipinski definition) is 0. The Hall–Kier alpha value is -6.32. The van der Waals surface area contributed by atoms with E-state index in [0.717, 1.165) is 60.9 Å². The van der Waals surface area contributed by atoms with Gasteiger partial charge < -0.3 is 9.13 Å². The Labute approximate surface area is 326 Å². The fraction of sp³-hybridized carbons (Fsp3) is 0. The maximum Gasteiger partial charge on any atom is 0.113 e. The monoisotopic (exact) mass is 686 g/mol. The third-order valence-corrected chi connectivity index (χ3v) is 11.0. The Kier molecular flexibility index (Phi) is 7.82. The molecule has 0 spiro atoms. The molecular weight excluding hydrogens is 659 g/mol. The van der Waals surface area contributed by atoms with Gasteiger partial charge >= 0.3 is 0 Å². The summed E-state index contributed by atoms with van der Waals surface area (Å²) in [5, 5.41) is 4.41. The van der Waals surface area contributed by atoms with Crippen LogP contribution in [0.15, 0.2) is 164 Å². The van der Waals surface area contributed by atoms with Gasteiger partial charge in [-0.15, -0.1) is 16.4 Å². The topological polar surface area (TPSA) is 9.86 Å². The number of para-hydroxylation sites is 2. The van der Waals surface area contributed by atoms with Crippen molar-refractivity contribution in [1.82, 2.24) is 9.13 Å². The summed E-state index contributed by atoms with van der Waals surface area (Å²) in [6.07, 6.45) is 0. The highest BCUT2D eigenvalue weighted by Crippen LogP contribution is 2.41. The minimum atomic E-state index is 0.195. The molecule has 55 heavy (non-hydrogen) atoms. The molecule has 0 N–H and O–H groups in total. The third-order valence-electron chi connectivity index (χ3n) is 11.0. The number of hydrogen-bond donors (Lipinski definition) is 0. The van der Waals surface area contributed by atoms with Crippen molar-refractivity contribution < 1.29 is 0 Å². The van der Waals surface area contributed by atoms with Gasteiger partial charge in [0.25, 0.3) is 0 Å². The number of benzene rings is 8. The second-order valence-electron chi connectivity index (χ2n) is 14.0. The van der Waals surface area contributed by atoms with Crippen LogP contribution < -0.4 is 27.3 Å². The second kappa shape index (κ2) is 12.9. The van der Waals surface area contributed by atoms with Crippen molar-refractivity contribution in [3.05, 3.63) is 164 Å². The van der Waals surface area contributed by atoms with E-state index in [2.05, 4.69) is 137 Å². The van der Waals surface area contributed by atoms with E-state index in [-0.39, 0.29) is 16.4 Å². The highest BCUT2D eigenvalue weighted by molar-refractivity contribution is 6.69. The predicted molar refractivity (Wildman–Crippen MR) is 238 cm³/mol. The van der Waals surface area contributed by atoms with E-state index in [1.165, 1.54) is 21.9 Å². The lowest BCUT2D eigenvalue weighted by Gasteiger charge is -2.22. The molecule has 0 unspecified atom stereocenters. The van der Waals surface area contributed by atoms with Crippen molar-refractivity contribution in [3.8, 4) is 44.8 Å². The first-order chi connectivity index (χ1) is 26.9. The van der Waals surface area contributed by atoms with E-state index in [9.17, 15) is 0 Å². The molecule has 0 aliphatic heterocycles. The fourth-order valence-electron chi connectivity index (χ4n) is 8.32. The molecule has 2 nitrogen and oxygen atoms in total. The molecule has 8 aromatic carbocycles. The number of rotatable bonds is 5. The summed E-state index contributed by atoms with van der Waals surface area (Å²) in [4.78, 5) is 0. The van der Waals surface area contributed by atoms with Crippen molar-refractivity contribution in [2.45, 2.75) is 0 Å². The Bertz CT molecular complexity index is 3100. The highest BCUT2D eigenvalue weighted by Gasteiger charge is 2.21. The zero-order chi connectivity index (χ0) is 37.4. The van der Waals surface area contributed by atoms with Gasteiger partial charge in [-0.05, 0) is 94.0 Å². The van der Waals surface area contributed by atoms with E-state index in [0.29, 0.717) is 16.5 Å². The van der Waals surface area contributed by atoms with Gasteiger partial charge in [0.2, 0.25) is 0 Å². The summed E-state index contributed by atoms with van der Waals surface area (Å²) >= 11 is 0. The molecule has 10 rings (SSSR count). The van der Waals surface area contributed by atoms with Gasteiger partial charge in [-0.1, -0.05) is 114 Å². The predicted octanol–water partition coefficient (Wildman–Crippen LogP) is 6.85. The summed E-state index contributed by atoms with van der Waals surface area (Å²) in [5.41, 5.74) is 13.8. The Morgan fingerprint density at radius 1 is 0.309 bits per heavy atom. The molecule has 0 saturated carbocycles. The number of nitrogens with zero attached hydrogens (tertiary/aromatic N) is 2. The van der Waals surface area contributed by atoms with Gasteiger partial charge in [0, 0.05) is 32.9 Å². The molecule has 244 valence electrons. The van der Waals surface area contributed by atoms with Crippen LogP contribution in [-0.4, -0.2) is 48.4 Å². The summed E-state index contributed by atoms with van der Waals surface area (Å²) < 4.78 is 4.62. The average Bonchev–Trinajstić information content (AvgIpc) is 3.75. The lowest BCUT2D eigenvalue weighted by molar-refractivity contribution is 1.18. The van der Waals surface area contributed by atoms with Crippen LogP contribution >= 0.6 is 0 Å². The van der Waals surface area contributed by atoms with Crippen LogP contribution in [-0.2, 0) is 0 Å². The molecule has 10 radical (unpaired) electrons. The fourth-order valence-corrected chi connectivity index (χ4v) is 8.32. The quantitative estimate of drug-likeness (QED) is 0.176. The van der Waals surface area contributed by atoms with Gasteiger partial charge in [-0.3, -0.25) is 0 Å². The van der Waals surface area contributed by atoms with Crippen LogP contribution in [0.4, 0.5) is 0 Å². The second-order valence-corrected chi connectivity index (χ2v) is 14.0. The summed E-state index contributed by atoms with van der Waals surface area (Å²) in [6, 6.07) is 57.8. The molecule has 2 aromatic heterocycles. The lowest BCUT2D eigenvalue weighted by atomic mass is 9.59. The Morgan fingerprint density at radius 2 is 0.782 bits per heavy atom. The van der Waals surface area contributed by atoms with Crippen LogP contribution in [0.1, 0.15) is 0 Å². The van der Waals surface area contributed by atoms with Crippen molar-refractivity contribution in [2.75, 3.05) is 0 Å². The summed E-state index contributed by atoms with van der Waals surface area (Å²) in [7, 11) is 32.4. The molecule has 7 heteroatoms. The van der Waals surface area contributed by atoms with Gasteiger partial charge in [-0.2, -0.15) is 0 Å². The molecule has 10 aromatic rings. The van der Waals surface area contributed by atoms with Crippen LogP contribution in [0.2, 0.25) is 0 Å². The molecule has 0 atom stereocenters. The molecule has 0 fully saturated rings. The zero-order valence-corrected chi connectivity index (χ0v) is 29.9. The van der Waals surface area contributed by atoms with Gasteiger partial charge in [0.15, 0.2) is 0 Å². The first-order valence-corrected chi connectivity index (χ1v) is 18.2. The molecule has 2 heterocycles. The number of fused-ring (bicyclic) bond motifs is 6. The molecular formula is C48H27B5N2. The van der Waals surface area contributed by atoms with E-state index < -0.39 is 0 Å². The standard InChI is InChI=1S/C48H27B5N2/c49-44-43(45(50)47(52)48(53)46(44)51)35-15-9-17-41-42(35)37-27-31(21-25-40(37)55(41)32-12-5-2-6-13-32)30-20-24-39-36(26-30)34-14-7-8-16-38(34)54(39)33-22-18-29(19-23-33)28-10-3-1-4-11-28/h1-27H. The highest BCUT2D eigenvalue weighted by atomic mass is 15.0. The van der Waals surface area contributed by atoms with E-state index in [1.807, 2.05) is 36.4 Å². The van der Waals surface area contributed by atoms with Crippen molar-refractivity contribution in [2.24, 2.45) is 0 Å². The maximum atomic E-state index is 6.69. The Morgan fingerprint density at radius 3 is 1.47 bits per heavy atom. The largest absolute Gasteiger partial charge is 0.309 e. The summed E-state index contributed by atoms with van der Waals surface area (Å²) in [6.45, 7) is 0. The van der Waals surface area contributed by atoms with Gasteiger partial charge in [0.1, 0.15) is 39.2 Å². The van der Waals surface area contributed by atoms with Crippen molar-refractivity contribution in [3.63, 3.8) is 0 Å². The zero-order valence-electron chi connectivity index (χ0n) is 29.9. The normalized spacial score (nSPS) is 11.6. The van der Waals surface area contributed by atoms with E-state index in [4.69, 9.17) is 39.2 Å². The minimum absolute atomic E-state index is 0.195. The molecule has 0 aliphatic rings. The van der Waals surface area contributed by atoms with Crippen LogP contribution in [0.5, 0.6) is 0 Å². The summed E-state index contributed by atoms with van der Waals surface area (Å²) in [5.74, 6) is 0. The van der Waals surface area contributed by atoms with Crippen LogP contribution in [0.25, 0.3) is 88.4 Å². The lowest BCUT2D eigenvalue weighted by Crippen LogP contribution is -2.55. The van der Waals surface area contributed by atoms with Crippen molar-refractivity contribution in [1.29, 1.82) is 0 Å². The molecule has 0 saturated heterocycles. The van der Waals surface area contributed by atoms with Crippen LogP contribution in [0, 0.1) is 0 Å². The molecule has 0 aliphatic carbocycles. The maximum absolute atomic E-state index is 6.69. The number of aromatic nitrogens is 2. The third kappa shape index (κ3) is 5.17. The minimum Gasteiger partial charge on any atom is -0.309 e. The smallest absolute Gasteiger partial charge is 0.113 e. The first kappa shape index (κ1) is 33.3. The molecule has 0 bridgehead atoms. The van der Waals surface area contributed by atoms with Gasteiger partial charge in [-0.25, -0.2) is 0 Å². The Balaban J connectivity index is 1.19. The van der Waals surface area contributed by atoms with Gasteiger partial charge in [0.05, 0.1) is 22.1 Å². The van der Waals surface area contributed by atoms with E-state index in [1.54, 1.807) is 0 Å². The van der Waals surface area contributed by atoms with E-state index >= 15 is 0 Å². The SMILES string of the molecule is [B]c1c([B])c([B])c(-c2cccc3c2c2cc(-c4ccc5c(c4)c4ccccc4n5-c4ccc(-c5ccccc5)cc4)ccc2n3-c2ccccc2)c([B])c1[B]. The first-order valence-electron chi connectivity index (χ1n) is 18.2. The average molecular weight is 686 g/mol. The van der Waals surface area contributed by atoms with Crippen LogP contribution in [0.3, 0.4) is 0 Å². The van der Waals surface area contributed by atoms with Crippen molar-refractivity contribution >= 4 is 110 Å². The molecule has 0 amide bonds.